The number of allylic oxidation sites excluding steroid dienone is 4. The lowest BCUT2D eigenvalue weighted by molar-refractivity contribution is 0.509. The molecule has 0 radical (unpaired) electrons. The van der Waals surface area contributed by atoms with Crippen LogP contribution in [-0.4, -0.2) is 0 Å². The van der Waals surface area contributed by atoms with Crippen LogP contribution in [0.2, 0.25) is 0 Å². The minimum atomic E-state index is 0.753. The van der Waals surface area contributed by atoms with Crippen LogP contribution in [0, 0.1) is 11.8 Å². The Hall–Kier alpha value is -0.520. The molecule has 0 aliphatic heterocycles. The van der Waals surface area contributed by atoms with Crippen molar-refractivity contribution in [1.82, 2.24) is 0 Å². The molecule has 0 aromatic rings. The quantitative estimate of drug-likeness (QED) is 0.397. The molecule has 0 heteroatoms. The van der Waals surface area contributed by atoms with E-state index in [2.05, 4.69) is 39.8 Å². The van der Waals surface area contributed by atoms with Crippen molar-refractivity contribution in [3.63, 3.8) is 0 Å². The van der Waals surface area contributed by atoms with Crippen molar-refractivity contribution < 1.29 is 0 Å². The van der Waals surface area contributed by atoms with E-state index in [-0.39, 0.29) is 0 Å². The molecule has 98 valence electrons. The van der Waals surface area contributed by atoms with Crippen LogP contribution in [0.4, 0.5) is 0 Å². The molecule has 0 saturated heterocycles. The molecule has 1 aliphatic carbocycles. The maximum absolute atomic E-state index is 2.54. The highest BCUT2D eigenvalue weighted by atomic mass is 14.3. The molecule has 17 heavy (non-hydrogen) atoms. The highest BCUT2D eigenvalue weighted by Gasteiger charge is 2.20. The van der Waals surface area contributed by atoms with Crippen molar-refractivity contribution in [3.05, 3.63) is 23.3 Å². The molecular formula is C17H30. The largest absolute Gasteiger partial charge is 0.0850 e. The van der Waals surface area contributed by atoms with E-state index < -0.39 is 0 Å². The molecule has 0 aromatic heterocycles. The second-order valence-electron chi connectivity index (χ2n) is 5.66. The molecule has 0 heterocycles. The molecule has 2 atom stereocenters. The standard InChI is InChI=1S/C17H30/c1-5-7-8-9-11-17-13-15(4)14(3)12-16(17)10-6-2/h10,13-14,17H,5-9,11-12H2,1-4H3/b16-10-. The Kier molecular flexibility index (Phi) is 6.62. The first-order chi connectivity index (χ1) is 8.19. The fourth-order valence-electron chi connectivity index (χ4n) is 2.81. The molecule has 0 spiro atoms. The van der Waals surface area contributed by atoms with Gasteiger partial charge in [0, 0.05) is 0 Å². The lowest BCUT2D eigenvalue weighted by atomic mass is 9.78. The summed E-state index contributed by atoms with van der Waals surface area (Å²) < 4.78 is 0. The van der Waals surface area contributed by atoms with Crippen LogP contribution in [0.25, 0.3) is 0 Å². The topological polar surface area (TPSA) is 0 Å². The average molecular weight is 234 g/mol. The highest BCUT2D eigenvalue weighted by molar-refractivity contribution is 5.24. The first-order valence-electron chi connectivity index (χ1n) is 7.56. The number of unbranched alkanes of at least 4 members (excludes halogenated alkanes) is 3. The van der Waals surface area contributed by atoms with Crippen LogP contribution in [0.1, 0.15) is 72.6 Å². The first-order valence-corrected chi connectivity index (χ1v) is 7.56. The molecule has 0 N–H and O–H groups in total. The van der Waals surface area contributed by atoms with Crippen molar-refractivity contribution in [3.8, 4) is 0 Å². The van der Waals surface area contributed by atoms with Crippen LogP contribution in [0.15, 0.2) is 23.3 Å². The molecule has 0 fully saturated rings. The predicted octanol–water partition coefficient (Wildman–Crippen LogP) is 5.90. The number of rotatable bonds is 6. The van der Waals surface area contributed by atoms with Gasteiger partial charge < -0.3 is 0 Å². The molecule has 0 nitrogen and oxygen atoms in total. The molecule has 0 amide bonds. The molecule has 1 aliphatic rings. The lowest BCUT2D eigenvalue weighted by Gasteiger charge is -2.28. The van der Waals surface area contributed by atoms with Gasteiger partial charge in [0.2, 0.25) is 0 Å². The summed E-state index contributed by atoms with van der Waals surface area (Å²) >= 11 is 0. The Balaban J connectivity index is 2.55. The van der Waals surface area contributed by atoms with Gasteiger partial charge in [-0.1, -0.05) is 69.8 Å². The summed E-state index contributed by atoms with van der Waals surface area (Å²) in [6.07, 6.45) is 14.4. The summed E-state index contributed by atoms with van der Waals surface area (Å²) in [6.45, 7) is 9.22. The summed E-state index contributed by atoms with van der Waals surface area (Å²) in [5.41, 5.74) is 3.32. The normalized spacial score (nSPS) is 27.3. The van der Waals surface area contributed by atoms with Crippen molar-refractivity contribution in [1.29, 1.82) is 0 Å². The Morgan fingerprint density at radius 3 is 2.65 bits per heavy atom. The van der Waals surface area contributed by atoms with Crippen LogP contribution >= 0.6 is 0 Å². The summed E-state index contributed by atoms with van der Waals surface area (Å²) in [4.78, 5) is 0. The van der Waals surface area contributed by atoms with E-state index in [0.29, 0.717) is 0 Å². The predicted molar refractivity (Wildman–Crippen MR) is 78.2 cm³/mol. The van der Waals surface area contributed by atoms with Gasteiger partial charge in [0.05, 0.1) is 0 Å². The third kappa shape index (κ3) is 4.69. The van der Waals surface area contributed by atoms with Gasteiger partial charge in [0.15, 0.2) is 0 Å². The van der Waals surface area contributed by atoms with Gasteiger partial charge in [0.25, 0.3) is 0 Å². The molecule has 1 rings (SSSR count). The summed E-state index contributed by atoms with van der Waals surface area (Å²) in [7, 11) is 0. The highest BCUT2D eigenvalue weighted by Crippen LogP contribution is 2.35. The van der Waals surface area contributed by atoms with Crippen molar-refractivity contribution in [2.24, 2.45) is 11.8 Å². The zero-order valence-electron chi connectivity index (χ0n) is 12.3. The molecular weight excluding hydrogens is 204 g/mol. The fourth-order valence-corrected chi connectivity index (χ4v) is 2.81. The van der Waals surface area contributed by atoms with Crippen LogP contribution in [0.3, 0.4) is 0 Å². The third-order valence-electron chi connectivity index (χ3n) is 4.09. The van der Waals surface area contributed by atoms with Crippen LogP contribution < -0.4 is 0 Å². The maximum Gasteiger partial charge on any atom is -0.00204 e. The fraction of sp³-hybridized carbons (Fsp3) is 0.765. The third-order valence-corrected chi connectivity index (χ3v) is 4.09. The van der Waals surface area contributed by atoms with Crippen LogP contribution in [-0.2, 0) is 0 Å². The number of hydrogen-bond donors (Lipinski definition) is 0. The van der Waals surface area contributed by atoms with E-state index in [0.717, 1.165) is 11.8 Å². The first kappa shape index (κ1) is 14.5. The zero-order valence-corrected chi connectivity index (χ0v) is 12.3. The van der Waals surface area contributed by atoms with Gasteiger partial charge in [-0.25, -0.2) is 0 Å². The van der Waals surface area contributed by atoms with E-state index in [4.69, 9.17) is 0 Å². The smallest absolute Gasteiger partial charge is 0.00204 e. The van der Waals surface area contributed by atoms with Gasteiger partial charge in [0.1, 0.15) is 0 Å². The lowest BCUT2D eigenvalue weighted by Crippen LogP contribution is -2.14. The Morgan fingerprint density at radius 1 is 1.24 bits per heavy atom. The Labute approximate surface area is 108 Å². The van der Waals surface area contributed by atoms with Crippen molar-refractivity contribution in [2.75, 3.05) is 0 Å². The maximum atomic E-state index is 2.54. The van der Waals surface area contributed by atoms with E-state index in [1.54, 1.807) is 11.1 Å². The summed E-state index contributed by atoms with van der Waals surface area (Å²) in [5, 5.41) is 0. The van der Waals surface area contributed by atoms with E-state index in [9.17, 15) is 0 Å². The monoisotopic (exact) mass is 234 g/mol. The second-order valence-corrected chi connectivity index (χ2v) is 5.66. The van der Waals surface area contributed by atoms with E-state index in [1.807, 2.05) is 0 Å². The summed E-state index contributed by atoms with van der Waals surface area (Å²) in [6, 6.07) is 0. The van der Waals surface area contributed by atoms with Gasteiger partial charge in [-0.15, -0.1) is 0 Å². The van der Waals surface area contributed by atoms with E-state index >= 15 is 0 Å². The minimum absolute atomic E-state index is 0.753. The van der Waals surface area contributed by atoms with Crippen LogP contribution in [0.5, 0.6) is 0 Å². The molecule has 0 saturated carbocycles. The van der Waals surface area contributed by atoms with Crippen molar-refractivity contribution >= 4 is 0 Å². The van der Waals surface area contributed by atoms with Gasteiger partial charge in [-0.05, 0) is 38.0 Å². The zero-order chi connectivity index (χ0) is 12.7. The van der Waals surface area contributed by atoms with Gasteiger partial charge in [-0.2, -0.15) is 0 Å². The van der Waals surface area contributed by atoms with Gasteiger partial charge in [-0.3, -0.25) is 0 Å². The second kappa shape index (κ2) is 7.74. The minimum Gasteiger partial charge on any atom is -0.0850 e. The van der Waals surface area contributed by atoms with Gasteiger partial charge >= 0.3 is 0 Å². The molecule has 0 aromatic carbocycles. The Morgan fingerprint density at radius 2 is 2.00 bits per heavy atom. The van der Waals surface area contributed by atoms with Crippen molar-refractivity contribution in [2.45, 2.75) is 72.6 Å². The Bertz CT molecular complexity index is 270. The SMILES string of the molecule is CC/C=C1/CC(C)C(C)=CC1CCCCCC. The molecule has 0 bridgehead atoms. The number of hydrogen-bond acceptors (Lipinski definition) is 0. The van der Waals surface area contributed by atoms with E-state index in [1.165, 1.54) is 44.9 Å². The average Bonchev–Trinajstić information content (AvgIpc) is 2.31. The molecule has 2 unspecified atom stereocenters. The summed E-state index contributed by atoms with van der Waals surface area (Å²) in [5.74, 6) is 1.52.